The van der Waals surface area contributed by atoms with Crippen LogP contribution in [0.2, 0.25) is 0 Å². The molecule has 17 heavy (non-hydrogen) atoms. The topological polar surface area (TPSA) is 0 Å². The largest absolute Gasteiger partial charge is 0.132 e. The van der Waals surface area contributed by atoms with Crippen molar-refractivity contribution >= 4 is 19.2 Å². The highest BCUT2D eigenvalue weighted by Crippen LogP contribution is 2.02. The van der Waals surface area contributed by atoms with Crippen molar-refractivity contribution in [3.05, 3.63) is 85.1 Å². The van der Waals surface area contributed by atoms with E-state index in [1.54, 1.807) is 0 Å². The van der Waals surface area contributed by atoms with Crippen molar-refractivity contribution in [1.29, 1.82) is 0 Å². The summed E-state index contributed by atoms with van der Waals surface area (Å²) < 4.78 is 0. The van der Waals surface area contributed by atoms with Crippen LogP contribution in [0.1, 0.15) is 0 Å². The van der Waals surface area contributed by atoms with Gasteiger partial charge in [0.15, 0.2) is 0 Å². The monoisotopic (exact) mass is 236 g/mol. The van der Waals surface area contributed by atoms with Crippen molar-refractivity contribution in [2.75, 3.05) is 0 Å². The molecule has 0 atom stereocenters. The average molecular weight is 236 g/mol. The maximum absolute atomic E-state index is 4.17. The van der Waals surface area contributed by atoms with Gasteiger partial charge in [-0.1, -0.05) is 95.5 Å². The van der Waals surface area contributed by atoms with E-state index < -0.39 is 8.80 Å². The molecule has 0 radical (unpaired) electrons. The molecule has 2 rings (SSSR count). The van der Waals surface area contributed by atoms with Crippen LogP contribution in [0.25, 0.3) is 0 Å². The van der Waals surface area contributed by atoms with Gasteiger partial charge in [-0.3, -0.25) is 0 Å². The fourth-order valence-corrected chi connectivity index (χ4v) is 4.72. The Morgan fingerprint density at radius 2 is 1.24 bits per heavy atom. The van der Waals surface area contributed by atoms with Gasteiger partial charge in [0.2, 0.25) is 0 Å². The number of hydrogen-bond acceptors (Lipinski definition) is 0. The van der Waals surface area contributed by atoms with E-state index in [9.17, 15) is 0 Å². The Morgan fingerprint density at radius 1 is 0.824 bits per heavy atom. The quantitative estimate of drug-likeness (QED) is 0.564. The Bertz CT molecular complexity index is 460. The normalized spacial score (nSPS) is 10.2. The molecule has 0 aliphatic heterocycles. The Morgan fingerprint density at radius 3 is 1.59 bits per heavy atom. The fourth-order valence-electron chi connectivity index (χ4n) is 2.03. The van der Waals surface area contributed by atoms with Crippen LogP contribution in [0.15, 0.2) is 85.1 Å². The molecule has 84 valence electrons. The summed E-state index contributed by atoms with van der Waals surface area (Å²) in [4.78, 5) is 0. The number of benzene rings is 2. The third-order valence-electron chi connectivity index (χ3n) is 2.90. The molecule has 0 saturated carbocycles. The second-order valence-electron chi connectivity index (χ2n) is 4.03. The van der Waals surface area contributed by atoms with Crippen LogP contribution in [-0.2, 0) is 0 Å². The molecule has 0 spiro atoms. The van der Waals surface area contributed by atoms with Crippen LogP contribution in [0.3, 0.4) is 0 Å². The van der Waals surface area contributed by atoms with Crippen molar-refractivity contribution < 1.29 is 0 Å². The lowest BCUT2D eigenvalue weighted by atomic mass is 10.4. The molecule has 1 heteroatoms. The first kappa shape index (κ1) is 11.6. The average Bonchev–Trinajstić information content (AvgIpc) is 2.41. The van der Waals surface area contributed by atoms with Gasteiger partial charge < -0.3 is 0 Å². The lowest BCUT2D eigenvalue weighted by Gasteiger charge is -2.16. The summed E-state index contributed by atoms with van der Waals surface area (Å²) in [7, 11) is -1.36. The minimum Gasteiger partial charge on any atom is -0.0993 e. The van der Waals surface area contributed by atoms with Crippen molar-refractivity contribution in [3.8, 4) is 0 Å². The van der Waals surface area contributed by atoms with E-state index in [-0.39, 0.29) is 0 Å². The van der Waals surface area contributed by atoms with Crippen LogP contribution < -0.4 is 10.4 Å². The molecule has 2 aromatic rings. The highest BCUT2D eigenvalue weighted by atomic mass is 28.3. The third-order valence-corrected chi connectivity index (χ3v) is 5.98. The van der Waals surface area contributed by atoms with E-state index in [4.69, 9.17) is 0 Å². The summed E-state index contributed by atoms with van der Waals surface area (Å²) in [5.74, 6) is 0. The van der Waals surface area contributed by atoms with Gasteiger partial charge in [0.25, 0.3) is 0 Å². The van der Waals surface area contributed by atoms with Gasteiger partial charge >= 0.3 is 0 Å². The van der Waals surface area contributed by atoms with Gasteiger partial charge in [0.1, 0.15) is 8.80 Å². The first-order valence-electron chi connectivity index (χ1n) is 5.74. The lowest BCUT2D eigenvalue weighted by Crippen LogP contribution is -2.43. The van der Waals surface area contributed by atoms with Gasteiger partial charge in [-0.05, 0) is 0 Å². The van der Waals surface area contributed by atoms with E-state index in [1.165, 1.54) is 15.6 Å². The molecule has 0 saturated heterocycles. The van der Waals surface area contributed by atoms with Gasteiger partial charge in [-0.25, -0.2) is 0 Å². The van der Waals surface area contributed by atoms with Crippen LogP contribution in [0.5, 0.6) is 0 Å². The molecular weight excluding hydrogens is 220 g/mol. The van der Waals surface area contributed by atoms with E-state index >= 15 is 0 Å². The van der Waals surface area contributed by atoms with E-state index in [0.29, 0.717) is 0 Å². The maximum Gasteiger partial charge on any atom is 0.132 e. The standard InChI is InChI=1S/C16H16Si/c1-3-14(2)17(15-10-6-4-7-11-15)16-12-8-5-9-13-16/h3-13,17H,1-2H2. The van der Waals surface area contributed by atoms with Crippen LogP contribution in [0.4, 0.5) is 0 Å². The molecule has 0 aliphatic rings. The van der Waals surface area contributed by atoms with E-state index in [2.05, 4.69) is 73.8 Å². The summed E-state index contributed by atoms with van der Waals surface area (Å²) >= 11 is 0. The molecule has 0 nitrogen and oxygen atoms in total. The predicted octanol–water partition coefficient (Wildman–Crippen LogP) is 2.31. The van der Waals surface area contributed by atoms with Gasteiger partial charge in [0.05, 0.1) is 0 Å². The second-order valence-corrected chi connectivity index (χ2v) is 6.97. The summed E-state index contributed by atoms with van der Waals surface area (Å²) in [6.07, 6.45) is 1.90. The number of rotatable bonds is 4. The molecular formula is C16H16Si. The Labute approximate surface area is 105 Å². The molecule has 0 aromatic heterocycles. The van der Waals surface area contributed by atoms with E-state index in [1.807, 2.05) is 6.08 Å². The van der Waals surface area contributed by atoms with Crippen molar-refractivity contribution in [2.24, 2.45) is 0 Å². The maximum atomic E-state index is 4.17. The van der Waals surface area contributed by atoms with Crippen LogP contribution in [-0.4, -0.2) is 8.80 Å². The molecule has 0 unspecified atom stereocenters. The Hall–Kier alpha value is -1.86. The molecule has 0 amide bonds. The summed E-state index contributed by atoms with van der Waals surface area (Å²) in [5.41, 5.74) is 0. The molecule has 0 heterocycles. The predicted molar refractivity (Wildman–Crippen MR) is 78.6 cm³/mol. The van der Waals surface area contributed by atoms with Crippen molar-refractivity contribution in [2.45, 2.75) is 0 Å². The molecule has 0 bridgehead atoms. The molecule has 0 aliphatic carbocycles. The van der Waals surface area contributed by atoms with Gasteiger partial charge in [-0.2, -0.15) is 0 Å². The number of hydrogen-bond donors (Lipinski definition) is 0. The zero-order valence-corrected chi connectivity index (χ0v) is 11.0. The second kappa shape index (κ2) is 5.46. The molecule has 0 N–H and O–H groups in total. The van der Waals surface area contributed by atoms with Gasteiger partial charge in [-0.15, -0.1) is 0 Å². The zero-order chi connectivity index (χ0) is 12.1. The van der Waals surface area contributed by atoms with E-state index in [0.717, 1.165) is 0 Å². The first-order chi connectivity index (χ1) is 8.33. The van der Waals surface area contributed by atoms with Crippen LogP contribution in [0, 0.1) is 0 Å². The highest BCUT2D eigenvalue weighted by Gasteiger charge is 2.17. The summed E-state index contributed by atoms with van der Waals surface area (Å²) in [5, 5.41) is 3.95. The minimum absolute atomic E-state index is 1.17. The fraction of sp³-hybridized carbons (Fsp3) is 0. The molecule has 2 aromatic carbocycles. The Kier molecular flexibility index (Phi) is 3.73. The molecule has 0 fully saturated rings. The van der Waals surface area contributed by atoms with Gasteiger partial charge in [0, 0.05) is 0 Å². The number of allylic oxidation sites excluding steroid dienone is 2. The Balaban J connectivity index is 2.47. The zero-order valence-electron chi connectivity index (χ0n) is 9.84. The summed E-state index contributed by atoms with van der Waals surface area (Å²) in [6.45, 7) is 8.04. The summed E-state index contributed by atoms with van der Waals surface area (Å²) in [6, 6.07) is 21.2. The van der Waals surface area contributed by atoms with Crippen LogP contribution >= 0.6 is 0 Å². The lowest BCUT2D eigenvalue weighted by molar-refractivity contribution is 1.72. The smallest absolute Gasteiger partial charge is 0.0993 e. The van der Waals surface area contributed by atoms with Crippen molar-refractivity contribution in [3.63, 3.8) is 0 Å². The first-order valence-corrected chi connectivity index (χ1v) is 7.47. The highest BCUT2D eigenvalue weighted by molar-refractivity contribution is 6.91. The minimum atomic E-state index is -1.36. The van der Waals surface area contributed by atoms with Crippen molar-refractivity contribution in [1.82, 2.24) is 0 Å². The SMILES string of the molecule is C=CC(=C)[SiH](c1ccccc1)c1ccccc1. The third kappa shape index (κ3) is 2.63.